The van der Waals surface area contributed by atoms with Gasteiger partial charge in [-0.05, 0) is 43.0 Å². The predicted octanol–water partition coefficient (Wildman–Crippen LogP) is 2.71. The van der Waals surface area contributed by atoms with E-state index in [-0.39, 0.29) is 6.04 Å². The first-order chi connectivity index (χ1) is 7.99. The molecule has 0 saturated heterocycles. The number of hydrogen-bond acceptors (Lipinski definition) is 3. The Balaban J connectivity index is 3.00. The van der Waals surface area contributed by atoms with E-state index in [2.05, 4.69) is 45.1 Å². The summed E-state index contributed by atoms with van der Waals surface area (Å²) in [6.07, 6.45) is 0. The van der Waals surface area contributed by atoms with E-state index in [1.807, 2.05) is 0 Å². The van der Waals surface area contributed by atoms with Crippen LogP contribution in [0.2, 0.25) is 0 Å². The first-order valence-corrected chi connectivity index (χ1v) is 6.11. The van der Waals surface area contributed by atoms with Crippen molar-refractivity contribution < 1.29 is 4.74 Å². The van der Waals surface area contributed by atoms with Crippen LogP contribution in [-0.4, -0.2) is 19.7 Å². The second-order valence-electron chi connectivity index (χ2n) is 4.87. The molecular formula is C14H24N2O. The predicted molar refractivity (Wildman–Crippen MR) is 73.8 cm³/mol. The summed E-state index contributed by atoms with van der Waals surface area (Å²) in [7, 11) is 1.70. The molecule has 1 aromatic carbocycles. The van der Waals surface area contributed by atoms with Gasteiger partial charge < -0.3 is 15.8 Å². The molecule has 1 aromatic rings. The zero-order chi connectivity index (χ0) is 13.0. The van der Waals surface area contributed by atoms with Gasteiger partial charge in [-0.1, -0.05) is 13.8 Å². The molecule has 0 amide bonds. The number of ether oxygens (including phenoxy) is 1. The summed E-state index contributed by atoms with van der Waals surface area (Å²) >= 11 is 0. The first-order valence-electron chi connectivity index (χ1n) is 6.11. The molecule has 0 bridgehead atoms. The minimum absolute atomic E-state index is 0.269. The summed E-state index contributed by atoms with van der Waals surface area (Å²) in [5, 5.41) is 3.47. The highest BCUT2D eigenvalue weighted by Gasteiger charge is 2.14. The van der Waals surface area contributed by atoms with Gasteiger partial charge in [0, 0.05) is 12.6 Å². The van der Waals surface area contributed by atoms with Crippen LogP contribution in [0, 0.1) is 19.8 Å². The topological polar surface area (TPSA) is 47.3 Å². The molecule has 3 nitrogen and oxygen atoms in total. The Labute approximate surface area is 104 Å². The van der Waals surface area contributed by atoms with Gasteiger partial charge in [-0.25, -0.2) is 0 Å². The molecular weight excluding hydrogens is 212 g/mol. The van der Waals surface area contributed by atoms with Crippen molar-refractivity contribution in [1.82, 2.24) is 0 Å². The molecule has 1 rings (SSSR count). The van der Waals surface area contributed by atoms with Crippen LogP contribution >= 0.6 is 0 Å². The summed E-state index contributed by atoms with van der Waals surface area (Å²) in [6.45, 7) is 9.14. The lowest BCUT2D eigenvalue weighted by molar-refractivity contribution is 0.414. The van der Waals surface area contributed by atoms with E-state index in [0.29, 0.717) is 12.5 Å². The number of hydrogen-bond donors (Lipinski definition) is 2. The van der Waals surface area contributed by atoms with E-state index >= 15 is 0 Å². The summed E-state index contributed by atoms with van der Waals surface area (Å²) < 4.78 is 5.40. The molecule has 0 aliphatic carbocycles. The van der Waals surface area contributed by atoms with Crippen LogP contribution < -0.4 is 15.8 Å². The van der Waals surface area contributed by atoms with E-state index in [0.717, 1.165) is 11.4 Å². The maximum Gasteiger partial charge on any atom is 0.142 e. The molecule has 0 heterocycles. The van der Waals surface area contributed by atoms with Crippen molar-refractivity contribution in [1.29, 1.82) is 0 Å². The molecule has 0 saturated carbocycles. The zero-order valence-electron chi connectivity index (χ0n) is 11.5. The largest absolute Gasteiger partial charge is 0.495 e. The van der Waals surface area contributed by atoms with Crippen molar-refractivity contribution >= 4 is 5.69 Å². The van der Waals surface area contributed by atoms with Crippen LogP contribution in [0.5, 0.6) is 5.75 Å². The molecule has 0 aliphatic heterocycles. The fourth-order valence-corrected chi connectivity index (χ4v) is 1.77. The Morgan fingerprint density at radius 2 is 1.82 bits per heavy atom. The Morgan fingerprint density at radius 3 is 2.29 bits per heavy atom. The Kier molecular flexibility index (Phi) is 4.82. The maximum atomic E-state index is 5.78. The molecule has 3 N–H and O–H groups in total. The Bertz CT molecular complexity index is 375. The molecule has 3 heteroatoms. The zero-order valence-corrected chi connectivity index (χ0v) is 11.5. The Hall–Kier alpha value is -1.22. The van der Waals surface area contributed by atoms with Crippen molar-refractivity contribution in [3.8, 4) is 5.75 Å². The number of aryl methyl sites for hydroxylation is 2. The molecule has 0 radical (unpaired) electrons. The van der Waals surface area contributed by atoms with Gasteiger partial charge in [-0.15, -0.1) is 0 Å². The fourth-order valence-electron chi connectivity index (χ4n) is 1.77. The summed E-state index contributed by atoms with van der Waals surface area (Å²) in [5.41, 5.74) is 9.30. The lowest BCUT2D eigenvalue weighted by Crippen LogP contribution is -2.33. The van der Waals surface area contributed by atoms with E-state index in [4.69, 9.17) is 10.5 Å². The van der Waals surface area contributed by atoms with Gasteiger partial charge in [0.25, 0.3) is 0 Å². The van der Waals surface area contributed by atoms with Gasteiger partial charge in [0.1, 0.15) is 5.75 Å². The van der Waals surface area contributed by atoms with Crippen LogP contribution in [0.3, 0.4) is 0 Å². The highest BCUT2D eigenvalue weighted by molar-refractivity contribution is 5.60. The van der Waals surface area contributed by atoms with E-state index in [9.17, 15) is 0 Å². The number of nitrogens with two attached hydrogens (primary N) is 1. The number of benzene rings is 1. The average molecular weight is 236 g/mol. The summed E-state index contributed by atoms with van der Waals surface area (Å²) in [6, 6.07) is 4.45. The molecule has 17 heavy (non-hydrogen) atoms. The number of nitrogens with one attached hydrogen (secondary N) is 1. The second-order valence-corrected chi connectivity index (χ2v) is 4.87. The first kappa shape index (κ1) is 13.8. The molecule has 0 aromatic heterocycles. The van der Waals surface area contributed by atoms with Crippen molar-refractivity contribution in [2.75, 3.05) is 19.0 Å². The van der Waals surface area contributed by atoms with E-state index in [1.54, 1.807) is 7.11 Å². The van der Waals surface area contributed by atoms with Gasteiger partial charge in [0.15, 0.2) is 0 Å². The van der Waals surface area contributed by atoms with Crippen molar-refractivity contribution in [3.05, 3.63) is 23.3 Å². The van der Waals surface area contributed by atoms with E-state index < -0.39 is 0 Å². The number of anilines is 1. The maximum absolute atomic E-state index is 5.78. The second kappa shape index (κ2) is 5.92. The summed E-state index contributed by atoms with van der Waals surface area (Å²) in [5.74, 6) is 1.37. The third kappa shape index (κ3) is 3.37. The van der Waals surface area contributed by atoms with Gasteiger partial charge in [0.2, 0.25) is 0 Å². The van der Waals surface area contributed by atoms with Crippen molar-refractivity contribution in [3.63, 3.8) is 0 Å². The quantitative estimate of drug-likeness (QED) is 0.826. The molecule has 0 fully saturated rings. The van der Waals surface area contributed by atoms with Crippen LogP contribution in [-0.2, 0) is 0 Å². The Morgan fingerprint density at radius 1 is 1.24 bits per heavy atom. The SMILES string of the molecule is COc1cc(C)c(C)cc1NC(CN)C(C)C. The molecule has 96 valence electrons. The summed E-state index contributed by atoms with van der Waals surface area (Å²) in [4.78, 5) is 0. The van der Waals surface area contributed by atoms with Gasteiger partial charge in [0.05, 0.1) is 12.8 Å². The van der Waals surface area contributed by atoms with Gasteiger partial charge >= 0.3 is 0 Å². The number of rotatable bonds is 5. The van der Waals surface area contributed by atoms with Crippen LogP contribution in [0.15, 0.2) is 12.1 Å². The monoisotopic (exact) mass is 236 g/mol. The average Bonchev–Trinajstić information content (AvgIpc) is 2.29. The lowest BCUT2D eigenvalue weighted by atomic mass is 10.0. The van der Waals surface area contributed by atoms with Gasteiger partial charge in [-0.2, -0.15) is 0 Å². The highest BCUT2D eigenvalue weighted by Crippen LogP contribution is 2.29. The van der Waals surface area contributed by atoms with Crippen molar-refractivity contribution in [2.24, 2.45) is 11.7 Å². The molecule has 0 spiro atoms. The van der Waals surface area contributed by atoms with Crippen LogP contribution in [0.1, 0.15) is 25.0 Å². The molecule has 0 aliphatic rings. The van der Waals surface area contributed by atoms with E-state index in [1.165, 1.54) is 11.1 Å². The van der Waals surface area contributed by atoms with Crippen LogP contribution in [0.4, 0.5) is 5.69 Å². The lowest BCUT2D eigenvalue weighted by Gasteiger charge is -2.23. The van der Waals surface area contributed by atoms with Crippen molar-refractivity contribution in [2.45, 2.75) is 33.7 Å². The number of methoxy groups -OCH3 is 1. The van der Waals surface area contributed by atoms with Crippen LogP contribution in [0.25, 0.3) is 0 Å². The third-order valence-corrected chi connectivity index (χ3v) is 3.22. The highest BCUT2D eigenvalue weighted by atomic mass is 16.5. The molecule has 1 unspecified atom stereocenters. The smallest absolute Gasteiger partial charge is 0.142 e. The minimum Gasteiger partial charge on any atom is -0.495 e. The minimum atomic E-state index is 0.269. The molecule has 1 atom stereocenters. The third-order valence-electron chi connectivity index (χ3n) is 3.22. The normalized spacial score (nSPS) is 12.6. The fraction of sp³-hybridized carbons (Fsp3) is 0.571. The van der Waals surface area contributed by atoms with Gasteiger partial charge in [-0.3, -0.25) is 0 Å². The standard InChI is InChI=1S/C14H24N2O/c1-9(2)13(8-15)16-12-6-10(3)11(4)7-14(12)17-5/h6-7,9,13,16H,8,15H2,1-5H3.